The summed E-state index contributed by atoms with van der Waals surface area (Å²) in [6.45, 7) is 2.42. The number of alkyl halides is 5. The Morgan fingerprint density at radius 1 is 1.11 bits per heavy atom. The highest BCUT2D eigenvalue weighted by Gasteiger charge is 2.46. The molecule has 0 aliphatic carbocycles. The number of carbonyl (C=O) groups is 1. The lowest BCUT2D eigenvalue weighted by molar-refractivity contribution is -0.145. The first kappa shape index (κ1) is 23.3. The van der Waals surface area contributed by atoms with Crippen LogP contribution in [0.25, 0.3) is 11.2 Å². The number of amides is 1. The van der Waals surface area contributed by atoms with E-state index in [4.69, 9.17) is 0 Å². The smallest absolute Gasteiger partial charge is 0.355 e. The number of halogens is 5. The van der Waals surface area contributed by atoms with Crippen LogP contribution in [-0.4, -0.2) is 61.7 Å². The average Bonchev–Trinajstić information content (AvgIpc) is 3.29. The minimum Gasteiger partial charge on any atom is -0.355 e. The first-order chi connectivity index (χ1) is 16.5. The van der Waals surface area contributed by atoms with Gasteiger partial charge >= 0.3 is 6.18 Å². The van der Waals surface area contributed by atoms with Gasteiger partial charge in [-0.2, -0.15) is 18.3 Å². The molecule has 35 heavy (non-hydrogen) atoms. The second-order valence-corrected chi connectivity index (χ2v) is 8.94. The van der Waals surface area contributed by atoms with E-state index in [1.807, 2.05) is 4.90 Å². The Morgan fingerprint density at radius 3 is 2.54 bits per heavy atom. The Bertz CT molecular complexity index is 1270. The maximum atomic E-state index is 13.0. The van der Waals surface area contributed by atoms with Crippen LogP contribution in [0.1, 0.15) is 30.8 Å². The highest BCUT2D eigenvalue weighted by molar-refractivity contribution is 5.95. The quantitative estimate of drug-likeness (QED) is 0.512. The summed E-state index contributed by atoms with van der Waals surface area (Å²) in [5.41, 5.74) is 0.859. The van der Waals surface area contributed by atoms with E-state index in [2.05, 4.69) is 25.0 Å². The van der Waals surface area contributed by atoms with Crippen LogP contribution in [0, 0.1) is 12.3 Å². The van der Waals surface area contributed by atoms with E-state index < -0.39 is 30.4 Å². The largest absolute Gasteiger partial charge is 0.451 e. The third kappa shape index (κ3) is 4.36. The van der Waals surface area contributed by atoms with Crippen molar-refractivity contribution in [3.8, 4) is 0 Å². The molecule has 0 radical (unpaired) electrons. The number of aryl methyl sites for hydroxylation is 1. The van der Waals surface area contributed by atoms with E-state index in [-0.39, 0.29) is 30.3 Å². The molecule has 0 atom stereocenters. The molecule has 186 valence electrons. The first-order valence-corrected chi connectivity index (χ1v) is 11.0. The number of hydrogen-bond donors (Lipinski definition) is 0. The molecule has 0 bridgehead atoms. The lowest BCUT2D eigenvalue weighted by Crippen LogP contribution is -2.42. The van der Waals surface area contributed by atoms with Gasteiger partial charge in [0.15, 0.2) is 5.65 Å². The van der Waals surface area contributed by atoms with Gasteiger partial charge in [0.2, 0.25) is 11.7 Å². The SMILES string of the molecule is Cc1nn(CC(F)F)c2nc(N3CCC4(CC3)CC(=O)N(c3ccnc(C(F)(F)F)n3)C4)cnc12. The van der Waals surface area contributed by atoms with Crippen molar-refractivity contribution in [2.75, 3.05) is 29.4 Å². The second kappa shape index (κ2) is 8.34. The summed E-state index contributed by atoms with van der Waals surface area (Å²) >= 11 is 0. The molecule has 1 amide bonds. The van der Waals surface area contributed by atoms with Crippen molar-refractivity contribution >= 4 is 28.7 Å². The number of fused-ring (bicyclic) bond motifs is 1. The fourth-order valence-corrected chi connectivity index (χ4v) is 4.78. The van der Waals surface area contributed by atoms with Crippen LogP contribution in [-0.2, 0) is 17.5 Å². The fourth-order valence-electron chi connectivity index (χ4n) is 4.78. The molecular formula is C21H21F5N8O. The zero-order chi connectivity index (χ0) is 25.0. The van der Waals surface area contributed by atoms with Crippen LogP contribution >= 0.6 is 0 Å². The van der Waals surface area contributed by atoms with Crippen LogP contribution in [0.15, 0.2) is 18.5 Å². The van der Waals surface area contributed by atoms with Crippen molar-refractivity contribution < 1.29 is 26.7 Å². The van der Waals surface area contributed by atoms with E-state index >= 15 is 0 Å². The number of piperidine rings is 1. The molecule has 1 spiro atoms. The third-order valence-corrected chi connectivity index (χ3v) is 6.55. The molecule has 2 aliphatic rings. The number of anilines is 2. The standard InChI is InChI=1S/C21H21F5N8O/c1-12-17-18(34(31-12)10-13(22)23)29-15(9-28-17)32-6-3-20(4-7-32)8-16(35)33(11-20)14-2-5-27-19(30-14)21(24,25)26/h2,5,9,13H,3-4,6-8,10-11H2,1H3. The normalized spacial score (nSPS) is 18.4. The van der Waals surface area contributed by atoms with Gasteiger partial charge in [-0.05, 0) is 25.8 Å². The van der Waals surface area contributed by atoms with Crippen LogP contribution in [0.2, 0.25) is 0 Å². The van der Waals surface area contributed by atoms with Crippen molar-refractivity contribution in [3.05, 3.63) is 30.0 Å². The summed E-state index contributed by atoms with van der Waals surface area (Å²) in [6.07, 6.45) is -3.30. The Kier molecular flexibility index (Phi) is 5.55. The van der Waals surface area contributed by atoms with E-state index in [9.17, 15) is 26.7 Å². The molecule has 0 unspecified atom stereocenters. The Hall–Kier alpha value is -3.45. The lowest BCUT2D eigenvalue weighted by atomic mass is 9.77. The third-order valence-electron chi connectivity index (χ3n) is 6.55. The van der Waals surface area contributed by atoms with Gasteiger partial charge in [0.05, 0.1) is 11.9 Å². The fraction of sp³-hybridized carbons (Fsp3) is 0.524. The van der Waals surface area contributed by atoms with Gasteiger partial charge < -0.3 is 4.90 Å². The van der Waals surface area contributed by atoms with E-state index in [1.54, 1.807) is 13.1 Å². The molecule has 2 aliphatic heterocycles. The molecule has 2 saturated heterocycles. The Morgan fingerprint density at radius 2 is 1.86 bits per heavy atom. The predicted octanol–water partition coefficient (Wildman–Crippen LogP) is 3.23. The summed E-state index contributed by atoms with van der Waals surface area (Å²) in [5.74, 6) is -1.10. The van der Waals surface area contributed by atoms with Gasteiger partial charge in [-0.3, -0.25) is 9.69 Å². The molecule has 5 rings (SSSR count). The van der Waals surface area contributed by atoms with Crippen LogP contribution in [0.3, 0.4) is 0 Å². The zero-order valence-electron chi connectivity index (χ0n) is 18.6. The minimum atomic E-state index is -4.70. The number of aromatic nitrogens is 6. The molecule has 2 fully saturated rings. The molecule has 0 aromatic carbocycles. The predicted molar refractivity (Wildman–Crippen MR) is 114 cm³/mol. The topological polar surface area (TPSA) is 92.9 Å². The number of hydrogen-bond acceptors (Lipinski definition) is 7. The van der Waals surface area contributed by atoms with E-state index in [0.717, 1.165) is 10.9 Å². The summed E-state index contributed by atoms with van der Waals surface area (Å²) in [5, 5.41) is 4.11. The summed E-state index contributed by atoms with van der Waals surface area (Å²) in [6, 6.07) is 1.30. The maximum Gasteiger partial charge on any atom is 0.451 e. The molecular weight excluding hydrogens is 475 g/mol. The molecule has 0 N–H and O–H groups in total. The molecule has 0 saturated carbocycles. The Labute approximate surface area is 196 Å². The summed E-state index contributed by atoms with van der Waals surface area (Å²) in [7, 11) is 0. The highest BCUT2D eigenvalue weighted by atomic mass is 19.4. The van der Waals surface area contributed by atoms with Crippen LogP contribution < -0.4 is 9.80 Å². The van der Waals surface area contributed by atoms with Gasteiger partial charge in [0.25, 0.3) is 6.43 Å². The first-order valence-electron chi connectivity index (χ1n) is 11.0. The molecule has 14 heteroatoms. The maximum absolute atomic E-state index is 13.0. The van der Waals surface area contributed by atoms with Gasteiger partial charge in [-0.25, -0.2) is 33.4 Å². The minimum absolute atomic E-state index is 0.0596. The number of nitrogens with zero attached hydrogens (tertiary/aromatic N) is 8. The molecule has 5 heterocycles. The number of rotatable bonds is 4. The summed E-state index contributed by atoms with van der Waals surface area (Å²) in [4.78, 5) is 31.7. The van der Waals surface area contributed by atoms with Crippen molar-refractivity contribution in [2.24, 2.45) is 5.41 Å². The van der Waals surface area contributed by atoms with E-state index in [0.29, 0.717) is 43.0 Å². The van der Waals surface area contributed by atoms with Crippen molar-refractivity contribution in [1.29, 1.82) is 0 Å². The van der Waals surface area contributed by atoms with Crippen molar-refractivity contribution in [1.82, 2.24) is 29.7 Å². The van der Waals surface area contributed by atoms with Crippen LogP contribution in [0.4, 0.5) is 33.6 Å². The van der Waals surface area contributed by atoms with Gasteiger partial charge in [0.1, 0.15) is 23.7 Å². The zero-order valence-corrected chi connectivity index (χ0v) is 18.6. The van der Waals surface area contributed by atoms with Gasteiger partial charge in [-0.1, -0.05) is 0 Å². The highest BCUT2D eigenvalue weighted by Crippen LogP contribution is 2.43. The summed E-state index contributed by atoms with van der Waals surface area (Å²) < 4.78 is 66.0. The average molecular weight is 496 g/mol. The van der Waals surface area contributed by atoms with Gasteiger partial charge in [0, 0.05) is 37.7 Å². The molecule has 9 nitrogen and oxygen atoms in total. The monoisotopic (exact) mass is 496 g/mol. The molecule has 3 aromatic rings. The lowest BCUT2D eigenvalue weighted by Gasteiger charge is -2.39. The van der Waals surface area contributed by atoms with Crippen molar-refractivity contribution in [3.63, 3.8) is 0 Å². The van der Waals surface area contributed by atoms with Gasteiger partial charge in [-0.15, -0.1) is 0 Å². The van der Waals surface area contributed by atoms with E-state index in [1.165, 1.54) is 11.0 Å². The number of carbonyl (C=O) groups excluding carboxylic acids is 1. The Balaban J connectivity index is 1.32. The van der Waals surface area contributed by atoms with Crippen LogP contribution in [0.5, 0.6) is 0 Å². The molecule has 3 aromatic heterocycles. The van der Waals surface area contributed by atoms with Crippen molar-refractivity contribution in [2.45, 2.75) is 45.3 Å². The second-order valence-electron chi connectivity index (χ2n) is 8.94.